The van der Waals surface area contributed by atoms with E-state index in [0.717, 1.165) is 17.5 Å². The molecule has 0 radical (unpaired) electrons. The summed E-state index contributed by atoms with van der Waals surface area (Å²) in [5.41, 5.74) is 2.06. The molecule has 1 aliphatic carbocycles. The molecule has 1 saturated carbocycles. The van der Waals surface area contributed by atoms with E-state index in [4.69, 9.17) is 0 Å². The Balaban J connectivity index is 2.52. The van der Waals surface area contributed by atoms with Gasteiger partial charge in [0, 0.05) is 11.0 Å². The zero-order valence-corrected chi connectivity index (χ0v) is 11.0. The maximum atomic E-state index is 10.1. The van der Waals surface area contributed by atoms with Crippen LogP contribution in [0.2, 0.25) is 0 Å². The van der Waals surface area contributed by atoms with Crippen LogP contribution in [0.4, 0.5) is 0 Å². The molecule has 2 heteroatoms. The van der Waals surface area contributed by atoms with Gasteiger partial charge in [0.25, 0.3) is 0 Å². The van der Waals surface area contributed by atoms with Gasteiger partial charge in [-0.1, -0.05) is 33.3 Å². The van der Waals surface area contributed by atoms with Crippen LogP contribution in [-0.4, -0.2) is 10.2 Å². The van der Waals surface area contributed by atoms with Gasteiger partial charge in [0.1, 0.15) is 5.75 Å². The van der Waals surface area contributed by atoms with Crippen molar-refractivity contribution in [3.63, 3.8) is 0 Å². The van der Waals surface area contributed by atoms with Crippen molar-refractivity contribution in [1.82, 2.24) is 0 Å². The maximum Gasteiger partial charge on any atom is 0.119 e. The molecule has 1 aromatic rings. The third kappa shape index (κ3) is 1.85. The Bertz CT molecular complexity index is 423. The number of rotatable bonds is 2. The van der Waals surface area contributed by atoms with Gasteiger partial charge in [-0.05, 0) is 36.0 Å². The molecule has 0 aliphatic heterocycles. The Morgan fingerprint density at radius 3 is 2.41 bits per heavy atom. The molecule has 0 aromatic heterocycles. The van der Waals surface area contributed by atoms with Crippen LogP contribution in [0, 0.1) is 5.41 Å². The highest BCUT2D eigenvalue weighted by molar-refractivity contribution is 5.43. The average molecular weight is 234 g/mol. The van der Waals surface area contributed by atoms with E-state index in [2.05, 4.69) is 20.8 Å². The van der Waals surface area contributed by atoms with Gasteiger partial charge in [-0.2, -0.15) is 0 Å². The van der Waals surface area contributed by atoms with Crippen LogP contribution < -0.4 is 0 Å². The molecule has 94 valence electrons. The van der Waals surface area contributed by atoms with E-state index >= 15 is 0 Å². The van der Waals surface area contributed by atoms with E-state index in [1.54, 1.807) is 12.1 Å². The number of phenols is 1. The van der Waals surface area contributed by atoms with Crippen molar-refractivity contribution in [1.29, 1.82) is 0 Å². The van der Waals surface area contributed by atoms with Crippen molar-refractivity contribution in [2.45, 2.75) is 52.1 Å². The van der Waals surface area contributed by atoms with Gasteiger partial charge in [-0.25, -0.2) is 0 Å². The molecule has 0 amide bonds. The maximum absolute atomic E-state index is 10.1. The smallest absolute Gasteiger partial charge is 0.119 e. The quantitative estimate of drug-likeness (QED) is 0.823. The molecular weight excluding hydrogens is 212 g/mol. The molecule has 0 saturated heterocycles. The summed E-state index contributed by atoms with van der Waals surface area (Å²) in [5.74, 6) is 0.361. The molecule has 1 aliphatic rings. The van der Waals surface area contributed by atoms with Gasteiger partial charge in [-0.15, -0.1) is 0 Å². The Labute approximate surface area is 103 Å². The second kappa shape index (κ2) is 4.02. The summed E-state index contributed by atoms with van der Waals surface area (Å²) in [6.45, 7) is 6.80. The van der Waals surface area contributed by atoms with Gasteiger partial charge < -0.3 is 10.2 Å². The van der Waals surface area contributed by atoms with Gasteiger partial charge >= 0.3 is 0 Å². The minimum absolute atomic E-state index is 0.00225. The predicted octanol–water partition coefficient (Wildman–Crippen LogP) is 3.35. The minimum Gasteiger partial charge on any atom is -0.508 e. The van der Waals surface area contributed by atoms with Crippen molar-refractivity contribution in [2.24, 2.45) is 5.41 Å². The second-order valence-electron chi connectivity index (χ2n) is 6.08. The van der Waals surface area contributed by atoms with Crippen molar-refractivity contribution in [3.05, 3.63) is 29.3 Å². The molecular formula is C15H22O2. The summed E-state index contributed by atoms with van der Waals surface area (Å²) >= 11 is 0. The summed E-state index contributed by atoms with van der Waals surface area (Å²) in [6.07, 6.45) is 3.49. The zero-order chi connectivity index (χ0) is 12.7. The number of hydrogen-bond acceptors (Lipinski definition) is 2. The van der Waals surface area contributed by atoms with Crippen LogP contribution in [-0.2, 0) is 12.0 Å². The lowest BCUT2D eigenvalue weighted by Crippen LogP contribution is -2.34. The van der Waals surface area contributed by atoms with Gasteiger partial charge in [0.15, 0.2) is 0 Å². The first-order valence-electron chi connectivity index (χ1n) is 6.34. The van der Waals surface area contributed by atoms with Crippen LogP contribution in [0.25, 0.3) is 0 Å². The fraction of sp³-hybridized carbons (Fsp3) is 0.600. The molecule has 2 rings (SSSR count). The first-order valence-corrected chi connectivity index (χ1v) is 6.34. The predicted molar refractivity (Wildman–Crippen MR) is 69.0 cm³/mol. The Hall–Kier alpha value is -1.02. The highest BCUT2D eigenvalue weighted by Gasteiger charge is 2.47. The second-order valence-corrected chi connectivity index (χ2v) is 6.08. The highest BCUT2D eigenvalue weighted by atomic mass is 16.3. The van der Waals surface area contributed by atoms with E-state index in [0.29, 0.717) is 5.75 Å². The normalized spacial score (nSPS) is 27.3. The third-order valence-electron chi connectivity index (χ3n) is 4.81. The summed E-state index contributed by atoms with van der Waals surface area (Å²) in [5, 5.41) is 19.3. The lowest BCUT2D eigenvalue weighted by molar-refractivity contribution is 0.218. The zero-order valence-electron chi connectivity index (χ0n) is 11.0. The molecule has 2 nitrogen and oxygen atoms in total. The molecule has 0 unspecified atom stereocenters. The monoisotopic (exact) mass is 234 g/mol. The molecule has 0 bridgehead atoms. The van der Waals surface area contributed by atoms with Gasteiger partial charge in [0.2, 0.25) is 0 Å². The molecule has 1 fully saturated rings. The number of aromatic hydroxyl groups is 1. The molecule has 1 aromatic carbocycles. The highest BCUT2D eigenvalue weighted by Crippen LogP contribution is 2.55. The van der Waals surface area contributed by atoms with E-state index in [1.807, 2.05) is 6.07 Å². The van der Waals surface area contributed by atoms with Crippen molar-refractivity contribution >= 4 is 0 Å². The van der Waals surface area contributed by atoms with Crippen molar-refractivity contribution in [3.8, 4) is 5.75 Å². The lowest BCUT2D eigenvalue weighted by atomic mass is 9.65. The standard InChI is InChI=1S/C15H22O2/c1-14(2)7-4-8-15(14,3)12-9-11(10-16)5-6-13(12)17/h5-6,9,16-17H,4,7-8,10H2,1-3H3/t15-/m1/s1. The molecule has 2 N–H and O–H groups in total. The third-order valence-corrected chi connectivity index (χ3v) is 4.81. The van der Waals surface area contributed by atoms with Gasteiger partial charge in [0.05, 0.1) is 6.61 Å². The summed E-state index contributed by atoms with van der Waals surface area (Å²) in [7, 11) is 0. The Morgan fingerprint density at radius 2 is 1.88 bits per heavy atom. The van der Waals surface area contributed by atoms with E-state index in [1.165, 1.54) is 12.8 Å². The average Bonchev–Trinajstić information content (AvgIpc) is 2.55. The van der Waals surface area contributed by atoms with E-state index in [9.17, 15) is 10.2 Å². The SMILES string of the molecule is CC1(C)CCC[C@]1(C)c1cc(CO)ccc1O. The summed E-state index contributed by atoms with van der Waals surface area (Å²) < 4.78 is 0. The van der Waals surface area contributed by atoms with Crippen LogP contribution in [0.5, 0.6) is 5.75 Å². The molecule has 0 heterocycles. The molecule has 17 heavy (non-hydrogen) atoms. The first kappa shape index (κ1) is 12.4. The van der Waals surface area contributed by atoms with Gasteiger partial charge in [-0.3, -0.25) is 0 Å². The van der Waals surface area contributed by atoms with Crippen LogP contribution in [0.3, 0.4) is 0 Å². The Morgan fingerprint density at radius 1 is 1.18 bits per heavy atom. The Kier molecular flexibility index (Phi) is 2.94. The number of aliphatic hydroxyl groups excluding tert-OH is 1. The minimum atomic E-state index is 0.00225. The summed E-state index contributed by atoms with van der Waals surface area (Å²) in [6, 6.07) is 5.45. The lowest BCUT2D eigenvalue weighted by Gasteiger charge is -2.39. The van der Waals surface area contributed by atoms with E-state index in [-0.39, 0.29) is 17.4 Å². The molecule has 1 atom stereocenters. The van der Waals surface area contributed by atoms with Crippen molar-refractivity contribution < 1.29 is 10.2 Å². The largest absolute Gasteiger partial charge is 0.508 e. The number of phenolic OH excluding ortho intramolecular Hbond substituents is 1. The molecule has 0 spiro atoms. The summed E-state index contributed by atoms with van der Waals surface area (Å²) in [4.78, 5) is 0. The van der Waals surface area contributed by atoms with Crippen molar-refractivity contribution in [2.75, 3.05) is 0 Å². The van der Waals surface area contributed by atoms with Crippen LogP contribution in [0.15, 0.2) is 18.2 Å². The van der Waals surface area contributed by atoms with E-state index < -0.39 is 0 Å². The van der Waals surface area contributed by atoms with Crippen LogP contribution >= 0.6 is 0 Å². The number of hydrogen-bond donors (Lipinski definition) is 2. The number of aliphatic hydroxyl groups is 1. The fourth-order valence-electron chi connectivity index (χ4n) is 3.12. The first-order chi connectivity index (χ1) is 7.90. The van der Waals surface area contributed by atoms with Crippen LogP contribution in [0.1, 0.15) is 51.2 Å². The number of benzene rings is 1. The topological polar surface area (TPSA) is 40.5 Å². The fourth-order valence-corrected chi connectivity index (χ4v) is 3.12.